The van der Waals surface area contributed by atoms with Gasteiger partial charge in [-0.25, -0.2) is 9.37 Å². The Morgan fingerprint density at radius 1 is 0.833 bits per heavy atom. The maximum atomic E-state index is 13.1. The highest BCUT2D eigenvalue weighted by Crippen LogP contribution is 2.27. The van der Waals surface area contributed by atoms with Crippen molar-refractivity contribution in [2.45, 2.75) is 5.92 Å². The van der Waals surface area contributed by atoms with Crippen molar-refractivity contribution in [3.8, 4) is 34.8 Å². The first-order valence-corrected chi connectivity index (χ1v) is 7.08. The molecule has 0 saturated carbocycles. The monoisotopic (exact) mass is 315 g/mol. The summed E-state index contributed by atoms with van der Waals surface area (Å²) in [6.07, 6.45) is 0. The van der Waals surface area contributed by atoms with Crippen LogP contribution in [-0.2, 0) is 0 Å². The number of benzene rings is 2. The van der Waals surface area contributed by atoms with Gasteiger partial charge in [-0.2, -0.15) is 10.5 Å². The highest BCUT2D eigenvalue weighted by atomic mass is 19.1. The number of hydrogen-bond acceptors (Lipinski definition) is 5. The molecular weight excluding hydrogens is 305 g/mol. The molecule has 0 aliphatic heterocycles. The molecule has 0 fully saturated rings. The lowest BCUT2D eigenvalue weighted by Gasteiger charge is -2.09. The van der Waals surface area contributed by atoms with Crippen LogP contribution in [0, 0.1) is 28.5 Å². The summed E-state index contributed by atoms with van der Waals surface area (Å²) >= 11 is 0. The van der Waals surface area contributed by atoms with Crippen molar-refractivity contribution in [3.05, 3.63) is 66.1 Å². The molecule has 3 rings (SSSR count). The van der Waals surface area contributed by atoms with E-state index in [9.17, 15) is 14.9 Å². The molecule has 0 atom stereocenters. The third kappa shape index (κ3) is 2.94. The third-order valence-corrected chi connectivity index (χ3v) is 3.39. The summed E-state index contributed by atoms with van der Waals surface area (Å²) in [6, 6.07) is 18.5. The maximum absolute atomic E-state index is 13.1. The van der Waals surface area contributed by atoms with Crippen LogP contribution in [0.15, 0.2) is 54.6 Å². The standard InChI is InChI=1S/C18H10FN5/c19-15-8-6-12(7-9-15)17-16(14(10-20)11-21)22-18(24-23-17)13-4-2-1-3-5-13/h1-9,14H. The molecule has 0 unspecified atom stereocenters. The van der Waals surface area contributed by atoms with E-state index in [2.05, 4.69) is 15.2 Å². The Balaban J connectivity index is 2.18. The van der Waals surface area contributed by atoms with E-state index in [0.29, 0.717) is 17.1 Å². The molecule has 6 heteroatoms. The molecule has 24 heavy (non-hydrogen) atoms. The molecular formula is C18H10FN5. The largest absolute Gasteiger partial charge is 0.227 e. The normalized spacial score (nSPS) is 10.2. The van der Waals surface area contributed by atoms with E-state index in [1.165, 1.54) is 24.3 Å². The molecule has 2 aromatic carbocycles. The Bertz CT molecular complexity index is 926. The van der Waals surface area contributed by atoms with Crippen molar-refractivity contribution < 1.29 is 4.39 Å². The van der Waals surface area contributed by atoms with E-state index >= 15 is 0 Å². The van der Waals surface area contributed by atoms with E-state index in [0.717, 1.165) is 5.56 Å². The minimum atomic E-state index is -1.09. The second kappa shape index (κ2) is 6.64. The van der Waals surface area contributed by atoms with Gasteiger partial charge in [0.25, 0.3) is 0 Å². The zero-order valence-electron chi connectivity index (χ0n) is 12.4. The molecule has 0 aliphatic rings. The SMILES string of the molecule is N#CC(C#N)c1nc(-c2ccccc2)nnc1-c1ccc(F)cc1. The molecule has 5 nitrogen and oxygen atoms in total. The quantitative estimate of drug-likeness (QED) is 0.738. The zero-order chi connectivity index (χ0) is 16.9. The average Bonchev–Trinajstić information content (AvgIpc) is 2.64. The number of halogens is 1. The average molecular weight is 315 g/mol. The van der Waals surface area contributed by atoms with Crippen LogP contribution in [0.25, 0.3) is 22.6 Å². The van der Waals surface area contributed by atoms with Crippen LogP contribution in [0.3, 0.4) is 0 Å². The topological polar surface area (TPSA) is 86.2 Å². The highest BCUT2D eigenvalue weighted by Gasteiger charge is 2.21. The first kappa shape index (κ1) is 15.3. The predicted octanol–water partition coefficient (Wildman–Crippen LogP) is 3.48. The summed E-state index contributed by atoms with van der Waals surface area (Å²) in [5, 5.41) is 26.7. The second-order valence-corrected chi connectivity index (χ2v) is 4.93. The van der Waals surface area contributed by atoms with E-state index in [1.54, 1.807) is 0 Å². The molecule has 0 saturated heterocycles. The third-order valence-electron chi connectivity index (χ3n) is 3.39. The molecule has 0 amide bonds. The van der Waals surface area contributed by atoms with E-state index < -0.39 is 5.92 Å². The molecule has 3 aromatic rings. The van der Waals surface area contributed by atoms with Crippen molar-refractivity contribution in [1.29, 1.82) is 10.5 Å². The van der Waals surface area contributed by atoms with Gasteiger partial charge in [0.15, 0.2) is 11.7 Å². The number of nitrogens with zero attached hydrogens (tertiary/aromatic N) is 5. The number of rotatable bonds is 3. The number of hydrogen-bond donors (Lipinski definition) is 0. The fourth-order valence-corrected chi connectivity index (χ4v) is 2.21. The Morgan fingerprint density at radius 2 is 1.50 bits per heavy atom. The van der Waals surface area contributed by atoms with Gasteiger partial charge in [0.1, 0.15) is 17.2 Å². The van der Waals surface area contributed by atoms with Gasteiger partial charge < -0.3 is 0 Å². The van der Waals surface area contributed by atoms with Gasteiger partial charge in [0.05, 0.1) is 12.1 Å². The molecule has 0 aliphatic carbocycles. The molecule has 0 bridgehead atoms. The Kier molecular flexibility index (Phi) is 4.22. The van der Waals surface area contributed by atoms with Crippen LogP contribution < -0.4 is 0 Å². The molecule has 1 aromatic heterocycles. The zero-order valence-corrected chi connectivity index (χ0v) is 12.4. The van der Waals surface area contributed by atoms with Gasteiger partial charge in [0.2, 0.25) is 0 Å². The molecule has 0 radical (unpaired) electrons. The highest BCUT2D eigenvalue weighted by molar-refractivity contribution is 5.65. The Labute approximate surface area is 137 Å². The molecule has 1 heterocycles. The van der Waals surface area contributed by atoms with Crippen molar-refractivity contribution in [2.24, 2.45) is 0 Å². The van der Waals surface area contributed by atoms with Crippen LogP contribution in [0.1, 0.15) is 11.6 Å². The second-order valence-electron chi connectivity index (χ2n) is 4.93. The van der Waals surface area contributed by atoms with E-state index in [1.807, 2.05) is 42.5 Å². The van der Waals surface area contributed by atoms with Gasteiger partial charge in [-0.15, -0.1) is 10.2 Å². The van der Waals surface area contributed by atoms with Gasteiger partial charge in [-0.1, -0.05) is 30.3 Å². The van der Waals surface area contributed by atoms with Crippen LogP contribution in [0.4, 0.5) is 4.39 Å². The first-order chi connectivity index (χ1) is 11.7. The minimum absolute atomic E-state index is 0.209. The predicted molar refractivity (Wildman–Crippen MR) is 84.6 cm³/mol. The van der Waals surface area contributed by atoms with Gasteiger partial charge in [-0.05, 0) is 24.3 Å². The van der Waals surface area contributed by atoms with Gasteiger partial charge in [-0.3, -0.25) is 0 Å². The molecule has 0 N–H and O–H groups in total. The number of nitriles is 2. The fourth-order valence-electron chi connectivity index (χ4n) is 2.21. The summed E-state index contributed by atoms with van der Waals surface area (Å²) < 4.78 is 13.1. The summed E-state index contributed by atoms with van der Waals surface area (Å²) in [6.45, 7) is 0. The van der Waals surface area contributed by atoms with Crippen LogP contribution in [-0.4, -0.2) is 15.2 Å². The minimum Gasteiger partial charge on any atom is -0.227 e. The van der Waals surface area contributed by atoms with Crippen LogP contribution >= 0.6 is 0 Å². The summed E-state index contributed by atoms with van der Waals surface area (Å²) in [5.41, 5.74) is 1.77. The van der Waals surface area contributed by atoms with Crippen molar-refractivity contribution in [2.75, 3.05) is 0 Å². The molecule has 0 spiro atoms. The summed E-state index contributed by atoms with van der Waals surface area (Å²) in [5.74, 6) is -1.16. The Hall–Kier alpha value is -3.64. The van der Waals surface area contributed by atoms with Gasteiger partial charge in [0, 0.05) is 11.1 Å². The smallest absolute Gasteiger partial charge is 0.182 e. The van der Waals surface area contributed by atoms with Crippen LogP contribution in [0.2, 0.25) is 0 Å². The summed E-state index contributed by atoms with van der Waals surface area (Å²) in [7, 11) is 0. The summed E-state index contributed by atoms with van der Waals surface area (Å²) in [4.78, 5) is 4.37. The van der Waals surface area contributed by atoms with E-state index in [-0.39, 0.29) is 11.5 Å². The fraction of sp³-hybridized carbons (Fsp3) is 0.0556. The van der Waals surface area contributed by atoms with Gasteiger partial charge >= 0.3 is 0 Å². The van der Waals surface area contributed by atoms with Crippen molar-refractivity contribution >= 4 is 0 Å². The number of aromatic nitrogens is 3. The first-order valence-electron chi connectivity index (χ1n) is 7.08. The molecule has 114 valence electrons. The Morgan fingerprint density at radius 3 is 2.12 bits per heavy atom. The lowest BCUT2D eigenvalue weighted by Crippen LogP contribution is -2.06. The van der Waals surface area contributed by atoms with Crippen molar-refractivity contribution in [3.63, 3.8) is 0 Å². The van der Waals surface area contributed by atoms with Crippen molar-refractivity contribution in [1.82, 2.24) is 15.2 Å². The maximum Gasteiger partial charge on any atom is 0.182 e. The van der Waals surface area contributed by atoms with E-state index in [4.69, 9.17) is 0 Å². The van der Waals surface area contributed by atoms with Crippen LogP contribution in [0.5, 0.6) is 0 Å². The lowest BCUT2D eigenvalue weighted by atomic mass is 10.0. The lowest BCUT2D eigenvalue weighted by molar-refractivity contribution is 0.628.